The number of thioether (sulfide) groups is 1. The summed E-state index contributed by atoms with van der Waals surface area (Å²) in [5, 5.41) is 1.87. The highest BCUT2D eigenvalue weighted by molar-refractivity contribution is 7.98. The normalized spacial score (nSPS) is 19.5. The molecule has 0 spiro atoms. The zero-order chi connectivity index (χ0) is 15.1. The first-order valence-electron chi connectivity index (χ1n) is 8.40. The van der Waals surface area contributed by atoms with Crippen molar-refractivity contribution in [2.24, 2.45) is 0 Å². The zero-order valence-corrected chi connectivity index (χ0v) is 14.7. The summed E-state index contributed by atoms with van der Waals surface area (Å²) in [5.41, 5.74) is 1.56. The van der Waals surface area contributed by atoms with Gasteiger partial charge in [-0.25, -0.2) is 4.98 Å². The van der Waals surface area contributed by atoms with Crippen LogP contribution in [0.2, 0.25) is 0 Å². The van der Waals surface area contributed by atoms with E-state index in [1.54, 1.807) is 23.1 Å². The van der Waals surface area contributed by atoms with E-state index in [2.05, 4.69) is 0 Å². The Kier molecular flexibility index (Phi) is 4.03. The molecule has 0 aromatic carbocycles. The second kappa shape index (κ2) is 6.00. The lowest BCUT2D eigenvalue weighted by Gasteiger charge is -2.25. The predicted molar refractivity (Wildman–Crippen MR) is 94.4 cm³/mol. The Balaban J connectivity index is 1.94. The van der Waals surface area contributed by atoms with Crippen LogP contribution < -0.4 is 5.56 Å². The summed E-state index contributed by atoms with van der Waals surface area (Å²) in [6.07, 6.45) is 12.8. The molecular weight excluding hydrogens is 312 g/mol. The minimum absolute atomic E-state index is 0.237. The van der Waals surface area contributed by atoms with E-state index in [0.717, 1.165) is 41.1 Å². The summed E-state index contributed by atoms with van der Waals surface area (Å²) in [7, 11) is 0. The van der Waals surface area contributed by atoms with E-state index in [0.29, 0.717) is 6.04 Å². The summed E-state index contributed by atoms with van der Waals surface area (Å²) < 4.78 is 2.04. The van der Waals surface area contributed by atoms with E-state index in [4.69, 9.17) is 4.98 Å². The van der Waals surface area contributed by atoms with Crippen LogP contribution in [0.25, 0.3) is 10.2 Å². The van der Waals surface area contributed by atoms with Gasteiger partial charge < -0.3 is 0 Å². The van der Waals surface area contributed by atoms with Crippen LogP contribution in [0.3, 0.4) is 0 Å². The zero-order valence-electron chi connectivity index (χ0n) is 13.1. The third-order valence-electron chi connectivity index (χ3n) is 5.11. The number of aromatic nitrogens is 2. The van der Waals surface area contributed by atoms with Gasteiger partial charge in [-0.05, 0) is 50.3 Å². The summed E-state index contributed by atoms with van der Waals surface area (Å²) >= 11 is 3.38. The van der Waals surface area contributed by atoms with Gasteiger partial charge in [-0.15, -0.1) is 11.3 Å². The first-order valence-corrected chi connectivity index (χ1v) is 10.4. The Bertz CT molecular complexity index is 756. The van der Waals surface area contributed by atoms with Crippen molar-refractivity contribution in [2.75, 3.05) is 6.26 Å². The average molecular weight is 335 g/mol. The predicted octanol–water partition coefficient (Wildman–Crippen LogP) is 4.56. The molecule has 22 heavy (non-hydrogen) atoms. The number of hydrogen-bond donors (Lipinski definition) is 0. The highest BCUT2D eigenvalue weighted by Crippen LogP contribution is 2.36. The minimum Gasteiger partial charge on any atom is -0.284 e. The van der Waals surface area contributed by atoms with Gasteiger partial charge in [0.05, 0.1) is 5.39 Å². The van der Waals surface area contributed by atoms with Gasteiger partial charge in [-0.1, -0.05) is 31.0 Å². The highest BCUT2D eigenvalue weighted by Gasteiger charge is 2.25. The molecule has 0 bridgehead atoms. The van der Waals surface area contributed by atoms with Gasteiger partial charge in [0.15, 0.2) is 5.16 Å². The largest absolute Gasteiger partial charge is 0.284 e. The number of aryl methyl sites for hydroxylation is 2. The van der Waals surface area contributed by atoms with Gasteiger partial charge in [-0.3, -0.25) is 9.36 Å². The molecule has 3 nitrogen and oxygen atoms in total. The molecule has 0 saturated heterocycles. The summed E-state index contributed by atoms with van der Waals surface area (Å²) in [6.45, 7) is 0. The number of nitrogens with zero attached hydrogens (tertiary/aromatic N) is 2. The Morgan fingerprint density at radius 3 is 2.68 bits per heavy atom. The molecule has 5 heteroatoms. The first kappa shape index (κ1) is 14.8. The Morgan fingerprint density at radius 1 is 1.14 bits per heavy atom. The lowest BCUT2D eigenvalue weighted by atomic mass is 9.94. The summed E-state index contributed by atoms with van der Waals surface area (Å²) in [5.74, 6) is 0. The summed E-state index contributed by atoms with van der Waals surface area (Å²) in [6, 6.07) is 0.361. The maximum absolute atomic E-state index is 13.3. The molecule has 1 saturated carbocycles. The molecule has 0 unspecified atom stereocenters. The molecule has 2 aromatic rings. The Labute approximate surface area is 139 Å². The van der Waals surface area contributed by atoms with Crippen molar-refractivity contribution < 1.29 is 0 Å². The van der Waals surface area contributed by atoms with E-state index in [-0.39, 0.29) is 5.56 Å². The van der Waals surface area contributed by atoms with Crippen molar-refractivity contribution in [1.29, 1.82) is 0 Å². The number of thiophene rings is 1. The molecular formula is C17H22N2OS2. The van der Waals surface area contributed by atoms with Crippen molar-refractivity contribution in [2.45, 2.75) is 69.0 Å². The third-order valence-corrected chi connectivity index (χ3v) is 6.95. The smallest absolute Gasteiger partial charge is 0.263 e. The number of hydrogen-bond acceptors (Lipinski definition) is 4. The van der Waals surface area contributed by atoms with E-state index >= 15 is 0 Å². The van der Waals surface area contributed by atoms with E-state index in [1.807, 2.05) is 10.8 Å². The fraction of sp³-hybridized carbons (Fsp3) is 0.647. The van der Waals surface area contributed by atoms with Crippen molar-refractivity contribution >= 4 is 33.3 Å². The highest BCUT2D eigenvalue weighted by atomic mass is 32.2. The Hall–Kier alpha value is -0.810. The van der Waals surface area contributed by atoms with Crippen molar-refractivity contribution in [3.8, 4) is 0 Å². The average Bonchev–Trinajstić information content (AvgIpc) is 2.94. The van der Waals surface area contributed by atoms with Gasteiger partial charge in [0.2, 0.25) is 0 Å². The SMILES string of the molecule is CSc1nc2sc3c(c2c(=O)n1C1CCCCC1)CCCC3. The first-order chi connectivity index (χ1) is 10.8. The fourth-order valence-electron chi connectivity index (χ4n) is 4.00. The maximum atomic E-state index is 13.3. The molecule has 0 N–H and O–H groups in total. The van der Waals surface area contributed by atoms with Crippen molar-refractivity contribution in [3.05, 3.63) is 20.8 Å². The molecule has 0 radical (unpaired) electrons. The molecule has 2 aliphatic carbocycles. The van der Waals surface area contributed by atoms with Crippen LogP contribution in [-0.2, 0) is 12.8 Å². The fourth-order valence-corrected chi connectivity index (χ4v) is 5.92. The molecule has 0 amide bonds. The van der Waals surface area contributed by atoms with Gasteiger partial charge in [-0.2, -0.15) is 0 Å². The van der Waals surface area contributed by atoms with Crippen LogP contribution in [0, 0.1) is 0 Å². The lowest BCUT2D eigenvalue weighted by molar-refractivity contribution is 0.326. The topological polar surface area (TPSA) is 34.9 Å². The quantitative estimate of drug-likeness (QED) is 0.596. The second-order valence-electron chi connectivity index (χ2n) is 6.46. The molecule has 0 aliphatic heterocycles. The minimum atomic E-state index is 0.237. The number of rotatable bonds is 2. The molecule has 2 heterocycles. The van der Waals surface area contributed by atoms with Crippen LogP contribution in [0.4, 0.5) is 0 Å². The van der Waals surface area contributed by atoms with E-state index in [9.17, 15) is 4.79 Å². The van der Waals surface area contributed by atoms with Crippen molar-refractivity contribution in [3.63, 3.8) is 0 Å². The van der Waals surface area contributed by atoms with Crippen LogP contribution in [0.15, 0.2) is 9.95 Å². The maximum Gasteiger partial charge on any atom is 0.263 e. The molecule has 4 rings (SSSR count). The van der Waals surface area contributed by atoms with Gasteiger partial charge in [0, 0.05) is 10.9 Å². The molecule has 2 aliphatic rings. The molecule has 1 fully saturated rings. The van der Waals surface area contributed by atoms with Crippen molar-refractivity contribution in [1.82, 2.24) is 9.55 Å². The van der Waals surface area contributed by atoms with Gasteiger partial charge >= 0.3 is 0 Å². The second-order valence-corrected chi connectivity index (χ2v) is 8.31. The molecule has 2 aromatic heterocycles. The standard InChI is InChI=1S/C17H22N2OS2/c1-21-17-18-15-14(12-9-5-6-10-13(12)22-15)16(20)19(17)11-7-3-2-4-8-11/h11H,2-10H2,1H3. The van der Waals surface area contributed by atoms with Crippen LogP contribution in [0.1, 0.15) is 61.4 Å². The lowest BCUT2D eigenvalue weighted by Crippen LogP contribution is -2.29. The van der Waals surface area contributed by atoms with Crippen LogP contribution >= 0.6 is 23.1 Å². The monoisotopic (exact) mass is 334 g/mol. The summed E-state index contributed by atoms with van der Waals surface area (Å²) in [4.78, 5) is 20.5. The van der Waals surface area contributed by atoms with Crippen LogP contribution in [0.5, 0.6) is 0 Å². The van der Waals surface area contributed by atoms with Crippen LogP contribution in [-0.4, -0.2) is 15.8 Å². The molecule has 0 atom stereocenters. The third kappa shape index (κ3) is 2.33. The Morgan fingerprint density at radius 2 is 1.91 bits per heavy atom. The molecule has 118 valence electrons. The van der Waals surface area contributed by atoms with Gasteiger partial charge in [0.25, 0.3) is 5.56 Å². The van der Waals surface area contributed by atoms with E-state index in [1.165, 1.54) is 42.5 Å². The van der Waals surface area contributed by atoms with Gasteiger partial charge in [0.1, 0.15) is 4.83 Å². The van der Waals surface area contributed by atoms with E-state index < -0.39 is 0 Å². The number of fused-ring (bicyclic) bond motifs is 3.